The predicted octanol–water partition coefficient (Wildman–Crippen LogP) is 2.49. The standard InChI is InChI=1S/C16H20N4/c1-12(2)17-7-15-8-19-16(9-18-15)20-10-13-5-3-4-6-14(13)11-20/h3-6,8-9,12,17H,7,10-11H2,1-2H3. The first-order valence-electron chi connectivity index (χ1n) is 7.08. The average molecular weight is 268 g/mol. The Morgan fingerprint density at radius 2 is 1.80 bits per heavy atom. The SMILES string of the molecule is CC(C)NCc1cnc(N2Cc3ccccc3C2)cn1. The number of fused-ring (bicyclic) bond motifs is 1. The Kier molecular flexibility index (Phi) is 3.65. The van der Waals surface area contributed by atoms with Crippen LogP contribution < -0.4 is 10.2 Å². The van der Waals surface area contributed by atoms with Gasteiger partial charge in [-0.05, 0) is 11.1 Å². The Morgan fingerprint density at radius 1 is 1.10 bits per heavy atom. The van der Waals surface area contributed by atoms with Gasteiger partial charge >= 0.3 is 0 Å². The van der Waals surface area contributed by atoms with E-state index in [1.54, 1.807) is 0 Å². The zero-order valence-electron chi connectivity index (χ0n) is 12.0. The Labute approximate surface area is 119 Å². The van der Waals surface area contributed by atoms with Gasteiger partial charge in [0.1, 0.15) is 5.82 Å². The summed E-state index contributed by atoms with van der Waals surface area (Å²) in [5, 5.41) is 3.35. The highest BCUT2D eigenvalue weighted by molar-refractivity contribution is 5.45. The fraction of sp³-hybridized carbons (Fsp3) is 0.375. The summed E-state index contributed by atoms with van der Waals surface area (Å²) in [4.78, 5) is 11.3. The molecule has 0 spiro atoms. The van der Waals surface area contributed by atoms with Crippen molar-refractivity contribution in [3.05, 3.63) is 53.5 Å². The minimum absolute atomic E-state index is 0.463. The maximum atomic E-state index is 4.55. The van der Waals surface area contributed by atoms with Gasteiger partial charge in [0.05, 0.1) is 18.1 Å². The predicted molar refractivity (Wildman–Crippen MR) is 80.3 cm³/mol. The van der Waals surface area contributed by atoms with Crippen molar-refractivity contribution >= 4 is 5.82 Å². The fourth-order valence-corrected chi connectivity index (χ4v) is 2.41. The van der Waals surface area contributed by atoms with Crippen LogP contribution in [0.4, 0.5) is 5.82 Å². The van der Waals surface area contributed by atoms with E-state index >= 15 is 0 Å². The van der Waals surface area contributed by atoms with Crippen LogP contribution in [0.3, 0.4) is 0 Å². The topological polar surface area (TPSA) is 41.1 Å². The first kappa shape index (κ1) is 13.1. The van der Waals surface area contributed by atoms with Gasteiger partial charge in [0.15, 0.2) is 0 Å². The van der Waals surface area contributed by atoms with Crippen LogP contribution in [-0.4, -0.2) is 16.0 Å². The van der Waals surface area contributed by atoms with E-state index in [1.165, 1.54) is 11.1 Å². The molecule has 3 rings (SSSR count). The van der Waals surface area contributed by atoms with E-state index < -0.39 is 0 Å². The summed E-state index contributed by atoms with van der Waals surface area (Å²) in [5.74, 6) is 0.953. The van der Waals surface area contributed by atoms with Crippen molar-refractivity contribution in [1.29, 1.82) is 0 Å². The molecule has 0 saturated heterocycles. The maximum absolute atomic E-state index is 4.55. The number of rotatable bonds is 4. The zero-order valence-corrected chi connectivity index (χ0v) is 12.0. The van der Waals surface area contributed by atoms with Crippen molar-refractivity contribution in [2.45, 2.75) is 39.5 Å². The summed E-state index contributed by atoms with van der Waals surface area (Å²) in [7, 11) is 0. The van der Waals surface area contributed by atoms with Crippen LogP contribution in [0.5, 0.6) is 0 Å². The van der Waals surface area contributed by atoms with Crippen molar-refractivity contribution in [1.82, 2.24) is 15.3 Å². The largest absolute Gasteiger partial charge is 0.347 e. The van der Waals surface area contributed by atoms with Gasteiger partial charge in [0.25, 0.3) is 0 Å². The van der Waals surface area contributed by atoms with Crippen LogP contribution in [0.1, 0.15) is 30.7 Å². The molecule has 0 radical (unpaired) electrons. The lowest BCUT2D eigenvalue weighted by atomic mass is 10.1. The molecule has 2 aromatic rings. The molecule has 104 valence electrons. The summed E-state index contributed by atoms with van der Waals surface area (Å²) in [5.41, 5.74) is 3.76. The van der Waals surface area contributed by atoms with Crippen molar-refractivity contribution < 1.29 is 0 Å². The second-order valence-corrected chi connectivity index (χ2v) is 5.53. The molecule has 4 heteroatoms. The van der Waals surface area contributed by atoms with Gasteiger partial charge in [0, 0.05) is 25.7 Å². The summed E-state index contributed by atoms with van der Waals surface area (Å²) < 4.78 is 0. The van der Waals surface area contributed by atoms with Gasteiger partial charge in [-0.2, -0.15) is 0 Å². The number of nitrogens with one attached hydrogen (secondary N) is 1. The van der Waals surface area contributed by atoms with E-state index in [0.29, 0.717) is 6.04 Å². The average Bonchev–Trinajstić information content (AvgIpc) is 2.89. The Hall–Kier alpha value is -1.94. The molecule has 1 aromatic carbocycles. The van der Waals surface area contributed by atoms with Crippen LogP contribution in [0.15, 0.2) is 36.7 Å². The van der Waals surface area contributed by atoms with Crippen molar-refractivity contribution in [3.63, 3.8) is 0 Å². The molecular formula is C16H20N4. The Morgan fingerprint density at radius 3 is 2.35 bits per heavy atom. The molecule has 0 amide bonds. The monoisotopic (exact) mass is 268 g/mol. The van der Waals surface area contributed by atoms with Crippen molar-refractivity contribution in [3.8, 4) is 0 Å². The van der Waals surface area contributed by atoms with Crippen molar-refractivity contribution in [2.24, 2.45) is 0 Å². The Balaban J connectivity index is 1.67. The molecule has 1 N–H and O–H groups in total. The number of aromatic nitrogens is 2. The quantitative estimate of drug-likeness (QED) is 0.925. The Bertz CT molecular complexity index is 552. The lowest BCUT2D eigenvalue weighted by molar-refractivity contribution is 0.580. The van der Waals surface area contributed by atoms with E-state index in [0.717, 1.165) is 31.1 Å². The number of hydrogen-bond acceptors (Lipinski definition) is 4. The summed E-state index contributed by atoms with van der Waals surface area (Å²) >= 11 is 0. The number of nitrogens with zero attached hydrogens (tertiary/aromatic N) is 3. The third-order valence-corrected chi connectivity index (χ3v) is 3.55. The molecule has 0 bridgehead atoms. The van der Waals surface area contributed by atoms with E-state index in [2.05, 4.69) is 58.3 Å². The minimum Gasteiger partial charge on any atom is -0.347 e. The van der Waals surface area contributed by atoms with E-state index in [9.17, 15) is 0 Å². The molecule has 0 saturated carbocycles. The van der Waals surface area contributed by atoms with Gasteiger partial charge in [-0.1, -0.05) is 38.1 Å². The highest BCUT2D eigenvalue weighted by atomic mass is 15.2. The van der Waals surface area contributed by atoms with Crippen molar-refractivity contribution in [2.75, 3.05) is 4.90 Å². The highest BCUT2D eigenvalue weighted by Gasteiger charge is 2.19. The first-order chi connectivity index (χ1) is 9.72. The normalized spacial score (nSPS) is 13.8. The van der Waals surface area contributed by atoms with Gasteiger partial charge in [-0.15, -0.1) is 0 Å². The summed E-state index contributed by atoms with van der Waals surface area (Å²) in [6, 6.07) is 9.01. The number of hydrogen-bond donors (Lipinski definition) is 1. The molecule has 1 aromatic heterocycles. The first-order valence-corrected chi connectivity index (χ1v) is 7.08. The lowest BCUT2D eigenvalue weighted by Crippen LogP contribution is -2.23. The molecule has 0 unspecified atom stereocenters. The molecule has 20 heavy (non-hydrogen) atoms. The highest BCUT2D eigenvalue weighted by Crippen LogP contribution is 2.25. The molecule has 1 aliphatic heterocycles. The number of benzene rings is 1. The lowest BCUT2D eigenvalue weighted by Gasteiger charge is -2.16. The third-order valence-electron chi connectivity index (χ3n) is 3.55. The summed E-state index contributed by atoms with van der Waals surface area (Å²) in [6.45, 7) is 6.88. The second-order valence-electron chi connectivity index (χ2n) is 5.53. The van der Waals surface area contributed by atoms with Crippen LogP contribution in [0, 0.1) is 0 Å². The third kappa shape index (κ3) is 2.80. The molecule has 0 fully saturated rings. The fourth-order valence-electron chi connectivity index (χ4n) is 2.41. The van der Waals surface area contributed by atoms with E-state index in [4.69, 9.17) is 0 Å². The summed E-state index contributed by atoms with van der Waals surface area (Å²) in [6.07, 6.45) is 3.75. The second kappa shape index (κ2) is 5.59. The molecule has 0 aliphatic carbocycles. The van der Waals surface area contributed by atoms with Gasteiger partial charge in [0.2, 0.25) is 0 Å². The molecule has 0 atom stereocenters. The molecule has 4 nitrogen and oxygen atoms in total. The zero-order chi connectivity index (χ0) is 13.9. The smallest absolute Gasteiger partial charge is 0.147 e. The van der Waals surface area contributed by atoms with Crippen LogP contribution in [0.2, 0.25) is 0 Å². The minimum atomic E-state index is 0.463. The maximum Gasteiger partial charge on any atom is 0.147 e. The molecular weight excluding hydrogens is 248 g/mol. The van der Waals surface area contributed by atoms with Gasteiger partial charge in [-0.3, -0.25) is 4.98 Å². The van der Waals surface area contributed by atoms with Gasteiger partial charge in [-0.25, -0.2) is 4.98 Å². The van der Waals surface area contributed by atoms with Crippen LogP contribution in [-0.2, 0) is 19.6 Å². The van der Waals surface area contributed by atoms with Gasteiger partial charge < -0.3 is 10.2 Å². The molecule has 1 aliphatic rings. The molecule has 2 heterocycles. The van der Waals surface area contributed by atoms with E-state index in [-0.39, 0.29) is 0 Å². The van der Waals surface area contributed by atoms with E-state index in [1.807, 2.05) is 12.4 Å². The van der Waals surface area contributed by atoms with Crippen LogP contribution >= 0.6 is 0 Å². The number of anilines is 1. The van der Waals surface area contributed by atoms with Crippen LogP contribution in [0.25, 0.3) is 0 Å².